The number of H-pyrrole nitrogens is 1. The van der Waals surface area contributed by atoms with Crippen molar-refractivity contribution in [2.75, 3.05) is 31.5 Å². The molecule has 1 unspecified atom stereocenters. The number of aromatic amines is 1. The van der Waals surface area contributed by atoms with E-state index in [1.807, 2.05) is 0 Å². The molecule has 213 valence electrons. The zero-order valence-corrected chi connectivity index (χ0v) is 22.0. The molecule has 2 aromatic heterocycles. The summed E-state index contributed by atoms with van der Waals surface area (Å²) in [4.78, 5) is 46.5. The van der Waals surface area contributed by atoms with Crippen molar-refractivity contribution in [2.45, 2.75) is 46.0 Å². The van der Waals surface area contributed by atoms with Crippen molar-refractivity contribution in [3.05, 3.63) is 52.5 Å². The van der Waals surface area contributed by atoms with Crippen LogP contribution in [0, 0.1) is 11.8 Å². The largest absolute Gasteiger partial charge is 0.465 e. The molecule has 40 heavy (non-hydrogen) atoms. The summed E-state index contributed by atoms with van der Waals surface area (Å²) in [5, 5.41) is 22.7. The van der Waals surface area contributed by atoms with Crippen LogP contribution in [0.15, 0.2) is 23.4 Å². The number of urea groups is 1. The minimum Gasteiger partial charge on any atom is -0.465 e. The van der Waals surface area contributed by atoms with Crippen LogP contribution in [-0.4, -0.2) is 90.5 Å². The minimum absolute atomic E-state index is 0.0351. The summed E-state index contributed by atoms with van der Waals surface area (Å²) >= 11 is 0. The molecule has 0 bridgehead atoms. The van der Waals surface area contributed by atoms with E-state index in [0.29, 0.717) is 30.4 Å². The molecule has 5 heterocycles. The number of nitrogens with one attached hydrogen (secondary N) is 2. The quantitative estimate of drug-likeness (QED) is 0.488. The van der Waals surface area contributed by atoms with E-state index in [1.54, 1.807) is 30.6 Å². The first-order valence-electron chi connectivity index (χ1n) is 12.6. The highest BCUT2D eigenvalue weighted by Gasteiger charge is 2.44. The van der Waals surface area contributed by atoms with Gasteiger partial charge >= 0.3 is 18.3 Å². The van der Waals surface area contributed by atoms with E-state index in [9.17, 15) is 32.7 Å². The molecule has 15 heteroatoms. The molecule has 0 spiro atoms. The van der Waals surface area contributed by atoms with Gasteiger partial charge < -0.3 is 25.1 Å². The van der Waals surface area contributed by atoms with Gasteiger partial charge in [0.15, 0.2) is 0 Å². The third-order valence-electron chi connectivity index (χ3n) is 7.21. The predicted molar refractivity (Wildman–Crippen MR) is 134 cm³/mol. The first-order valence-corrected chi connectivity index (χ1v) is 12.6. The Kier molecular flexibility index (Phi) is 6.70. The number of alkyl halides is 3. The molecule has 1 atom stereocenters. The summed E-state index contributed by atoms with van der Waals surface area (Å²) in [6.07, 6.45) is -3.11. The van der Waals surface area contributed by atoms with Crippen LogP contribution in [0.2, 0.25) is 0 Å². The number of hydrogen-bond acceptors (Lipinski definition) is 6. The second kappa shape index (κ2) is 9.78. The van der Waals surface area contributed by atoms with Gasteiger partial charge in [0.05, 0.1) is 35.2 Å². The predicted octanol–water partition coefficient (Wildman–Crippen LogP) is 2.91. The lowest BCUT2D eigenvalue weighted by Gasteiger charge is -2.35. The lowest BCUT2D eigenvalue weighted by atomic mass is 9.95. The van der Waals surface area contributed by atoms with Crippen molar-refractivity contribution in [3.8, 4) is 0 Å². The summed E-state index contributed by atoms with van der Waals surface area (Å²) in [6.45, 7) is 5.79. The number of carbonyl (C=O) groups excluding carboxylic acids is 2. The summed E-state index contributed by atoms with van der Waals surface area (Å²) < 4.78 is 40.6. The zero-order chi connectivity index (χ0) is 29.0. The molecule has 0 fully saturated rings. The van der Waals surface area contributed by atoms with E-state index in [0.717, 1.165) is 17.3 Å². The Hall–Kier alpha value is -4.17. The van der Waals surface area contributed by atoms with Gasteiger partial charge in [0.2, 0.25) is 5.91 Å². The standard InChI is InChI=1S/C25H28F3N8O4/c1-24(2,3)21(37)30-18-6-14(25(26,27)28)8-29-17(18)7-20-15-11-35(23(39)40)9-13(15)10-36(20)22(38)34-5-4-16-19(12-34)32-33-31-16/h6-8,20H,4-5,9-12H2,1-3H3,(H,30,37)(H,39,40)(H,31,32,33). The SMILES string of the molecule is CC(C)(C)C(=O)Nc1cc(C(F)(F)F)cnc1[CH]C1C2=C(CN(C(=O)O)C2)CN1C(=O)N1CCc2[nH]nnc2C1. The van der Waals surface area contributed by atoms with Gasteiger partial charge in [0.25, 0.3) is 0 Å². The Morgan fingerprint density at radius 1 is 1.12 bits per heavy atom. The maximum atomic E-state index is 13.7. The smallest absolute Gasteiger partial charge is 0.417 e. The maximum absolute atomic E-state index is 13.7. The number of rotatable bonds is 3. The van der Waals surface area contributed by atoms with Gasteiger partial charge in [-0.05, 0) is 17.2 Å². The van der Waals surface area contributed by atoms with Gasteiger partial charge in [-0.2, -0.15) is 13.2 Å². The van der Waals surface area contributed by atoms with Gasteiger partial charge in [-0.3, -0.25) is 14.9 Å². The molecule has 2 aromatic rings. The summed E-state index contributed by atoms with van der Waals surface area (Å²) in [5.74, 6) is -0.516. The minimum atomic E-state index is -4.69. The molecule has 0 saturated heterocycles. The molecular weight excluding hydrogens is 533 g/mol. The highest BCUT2D eigenvalue weighted by Crippen LogP contribution is 2.38. The molecular formula is C25H28F3N8O4. The van der Waals surface area contributed by atoms with E-state index >= 15 is 0 Å². The average molecular weight is 562 g/mol. The fourth-order valence-corrected chi connectivity index (χ4v) is 4.94. The van der Waals surface area contributed by atoms with Crippen molar-refractivity contribution in [3.63, 3.8) is 0 Å². The third-order valence-corrected chi connectivity index (χ3v) is 7.21. The van der Waals surface area contributed by atoms with Crippen LogP contribution in [0.25, 0.3) is 0 Å². The molecule has 3 N–H and O–H groups in total. The molecule has 1 radical (unpaired) electrons. The molecule has 0 saturated carbocycles. The summed E-state index contributed by atoms with van der Waals surface area (Å²) in [7, 11) is 0. The number of nitrogens with zero attached hydrogens (tertiary/aromatic N) is 6. The van der Waals surface area contributed by atoms with Crippen molar-refractivity contribution in [1.82, 2.24) is 35.1 Å². The fraction of sp³-hybridized carbons (Fsp3) is 0.480. The molecule has 3 aliphatic heterocycles. The second-order valence-electron chi connectivity index (χ2n) is 11.1. The Bertz CT molecular complexity index is 1400. The average Bonchev–Trinajstić information content (AvgIpc) is 3.58. The molecule has 3 aliphatic rings. The molecule has 4 amide bonds. The number of halogens is 3. The number of pyridine rings is 1. The third kappa shape index (κ3) is 5.19. The first-order chi connectivity index (χ1) is 18.7. The van der Waals surface area contributed by atoms with Crippen LogP contribution in [0.1, 0.15) is 43.4 Å². The van der Waals surface area contributed by atoms with E-state index in [1.165, 1.54) is 11.3 Å². The Labute approximate surface area is 227 Å². The molecule has 0 aromatic carbocycles. The van der Waals surface area contributed by atoms with Crippen molar-refractivity contribution in [1.29, 1.82) is 0 Å². The van der Waals surface area contributed by atoms with Crippen LogP contribution in [0.4, 0.5) is 28.4 Å². The van der Waals surface area contributed by atoms with Crippen molar-refractivity contribution in [2.24, 2.45) is 5.41 Å². The van der Waals surface area contributed by atoms with Gasteiger partial charge in [-0.15, -0.1) is 5.10 Å². The lowest BCUT2D eigenvalue weighted by molar-refractivity contribution is -0.137. The molecule has 5 rings (SSSR count). The number of aromatic nitrogens is 4. The Morgan fingerprint density at radius 3 is 2.55 bits per heavy atom. The zero-order valence-electron chi connectivity index (χ0n) is 22.0. The number of hydrogen-bond donors (Lipinski definition) is 3. The Balaban J connectivity index is 1.47. The highest BCUT2D eigenvalue weighted by atomic mass is 19.4. The van der Waals surface area contributed by atoms with E-state index in [-0.39, 0.29) is 43.6 Å². The van der Waals surface area contributed by atoms with Crippen LogP contribution in [0.5, 0.6) is 0 Å². The van der Waals surface area contributed by atoms with Crippen LogP contribution >= 0.6 is 0 Å². The van der Waals surface area contributed by atoms with E-state index in [4.69, 9.17) is 0 Å². The molecule has 12 nitrogen and oxygen atoms in total. The van der Waals surface area contributed by atoms with Crippen LogP contribution < -0.4 is 5.32 Å². The number of fused-ring (bicyclic) bond motifs is 1. The van der Waals surface area contributed by atoms with Gasteiger partial charge in [0, 0.05) is 50.6 Å². The van der Waals surface area contributed by atoms with Gasteiger partial charge in [-0.1, -0.05) is 26.0 Å². The number of amides is 4. The maximum Gasteiger partial charge on any atom is 0.417 e. The molecule has 0 aliphatic carbocycles. The topological polar surface area (TPSA) is 148 Å². The fourth-order valence-electron chi connectivity index (χ4n) is 4.94. The number of carboxylic acid groups (broad SMARTS) is 1. The number of anilines is 1. The highest BCUT2D eigenvalue weighted by molar-refractivity contribution is 5.95. The Morgan fingerprint density at radius 2 is 1.88 bits per heavy atom. The summed E-state index contributed by atoms with van der Waals surface area (Å²) in [5.41, 5.74) is 0.824. The lowest BCUT2D eigenvalue weighted by Crippen LogP contribution is -2.50. The monoisotopic (exact) mass is 561 g/mol. The first kappa shape index (κ1) is 27.4. The number of carbonyl (C=O) groups is 3. The van der Waals surface area contributed by atoms with Crippen LogP contribution in [0.3, 0.4) is 0 Å². The van der Waals surface area contributed by atoms with Gasteiger partial charge in [-0.25, -0.2) is 9.59 Å². The second-order valence-corrected chi connectivity index (χ2v) is 11.1. The van der Waals surface area contributed by atoms with Crippen molar-refractivity contribution < 1.29 is 32.7 Å². The normalized spacial score (nSPS) is 19.1. The van der Waals surface area contributed by atoms with Crippen LogP contribution in [-0.2, 0) is 23.9 Å². The summed E-state index contributed by atoms with van der Waals surface area (Å²) in [6, 6.07) is -0.313. The van der Waals surface area contributed by atoms with Crippen molar-refractivity contribution >= 4 is 23.7 Å². The van der Waals surface area contributed by atoms with Gasteiger partial charge in [0.1, 0.15) is 5.69 Å². The van der Waals surface area contributed by atoms with E-state index < -0.39 is 35.2 Å². The van der Waals surface area contributed by atoms with E-state index in [2.05, 4.69) is 25.7 Å².